The number of carboxylic acid groups (broad SMARTS) is 2. The SMILES string of the molecule is O=C(NCCNCCO)N/N=C/c1ccccc1.O=C([O-])C(=O)[O-]. The lowest BCUT2D eigenvalue weighted by Crippen LogP contribution is -2.42. The van der Waals surface area contributed by atoms with Gasteiger partial charge in [0, 0.05) is 19.6 Å². The fourth-order valence-corrected chi connectivity index (χ4v) is 1.21. The molecule has 0 heterocycles. The number of carbonyl (C=O) groups is 3. The van der Waals surface area contributed by atoms with Crippen molar-refractivity contribution in [1.29, 1.82) is 0 Å². The fourth-order valence-electron chi connectivity index (χ4n) is 1.21. The first-order valence-corrected chi connectivity index (χ1v) is 6.83. The average Bonchev–Trinajstić information content (AvgIpc) is 2.56. The number of nitrogens with one attached hydrogen (secondary N) is 3. The highest BCUT2D eigenvalue weighted by Gasteiger charge is 1.95. The summed E-state index contributed by atoms with van der Waals surface area (Å²) < 4.78 is 0. The number of rotatable bonds is 7. The molecule has 0 aliphatic carbocycles. The van der Waals surface area contributed by atoms with Crippen molar-refractivity contribution >= 4 is 24.2 Å². The first-order valence-electron chi connectivity index (χ1n) is 6.83. The molecule has 1 rings (SSSR count). The zero-order valence-electron chi connectivity index (χ0n) is 12.7. The maximum Gasteiger partial charge on any atom is 0.335 e. The lowest BCUT2D eigenvalue weighted by Gasteiger charge is -2.04. The molecule has 132 valence electrons. The largest absolute Gasteiger partial charge is 0.543 e. The Morgan fingerprint density at radius 2 is 1.67 bits per heavy atom. The van der Waals surface area contributed by atoms with Gasteiger partial charge in [-0.25, -0.2) is 10.2 Å². The van der Waals surface area contributed by atoms with Gasteiger partial charge in [-0.15, -0.1) is 0 Å². The second kappa shape index (κ2) is 13.7. The van der Waals surface area contributed by atoms with Gasteiger partial charge in [0.05, 0.1) is 24.8 Å². The summed E-state index contributed by atoms with van der Waals surface area (Å²) in [5.74, 6) is -4.37. The van der Waals surface area contributed by atoms with Crippen LogP contribution in [0.4, 0.5) is 4.79 Å². The second-order valence-electron chi connectivity index (χ2n) is 4.09. The van der Waals surface area contributed by atoms with E-state index in [1.54, 1.807) is 6.21 Å². The van der Waals surface area contributed by atoms with Gasteiger partial charge in [0.2, 0.25) is 0 Å². The summed E-state index contributed by atoms with van der Waals surface area (Å²) >= 11 is 0. The van der Waals surface area contributed by atoms with E-state index < -0.39 is 11.9 Å². The molecule has 0 atom stereocenters. The van der Waals surface area contributed by atoms with Crippen LogP contribution in [0.2, 0.25) is 0 Å². The number of hydrogen-bond acceptors (Lipinski definition) is 8. The van der Waals surface area contributed by atoms with Crippen molar-refractivity contribution in [1.82, 2.24) is 16.1 Å². The van der Waals surface area contributed by atoms with E-state index in [0.717, 1.165) is 5.56 Å². The Labute approximate surface area is 138 Å². The Morgan fingerprint density at radius 1 is 1.04 bits per heavy atom. The van der Waals surface area contributed by atoms with E-state index in [0.29, 0.717) is 19.6 Å². The Kier molecular flexibility index (Phi) is 12.0. The zero-order valence-corrected chi connectivity index (χ0v) is 12.7. The van der Waals surface area contributed by atoms with E-state index in [1.807, 2.05) is 30.3 Å². The molecule has 0 bridgehead atoms. The molecule has 0 radical (unpaired) electrons. The van der Waals surface area contributed by atoms with Gasteiger partial charge in [-0.05, 0) is 5.56 Å². The number of carboxylic acids is 2. The normalized spacial score (nSPS) is 9.71. The highest BCUT2D eigenvalue weighted by atomic mass is 16.4. The van der Waals surface area contributed by atoms with Crippen molar-refractivity contribution in [2.24, 2.45) is 5.10 Å². The summed E-state index contributed by atoms with van der Waals surface area (Å²) in [6.45, 7) is 1.70. The molecule has 0 saturated heterocycles. The first kappa shape index (κ1) is 21.0. The lowest BCUT2D eigenvalue weighted by molar-refractivity contribution is -0.345. The van der Waals surface area contributed by atoms with E-state index >= 15 is 0 Å². The second-order valence-corrected chi connectivity index (χ2v) is 4.09. The van der Waals surface area contributed by atoms with E-state index in [9.17, 15) is 4.79 Å². The number of aliphatic hydroxyl groups excluding tert-OH is 1. The van der Waals surface area contributed by atoms with Crippen LogP contribution in [-0.2, 0) is 9.59 Å². The van der Waals surface area contributed by atoms with Crippen molar-refractivity contribution in [3.05, 3.63) is 35.9 Å². The van der Waals surface area contributed by atoms with Gasteiger partial charge >= 0.3 is 6.03 Å². The predicted octanol–water partition coefficient (Wildman–Crippen LogP) is -3.61. The Hall–Kier alpha value is -2.98. The van der Waals surface area contributed by atoms with Crippen molar-refractivity contribution in [3.63, 3.8) is 0 Å². The Bertz CT molecular complexity index is 523. The molecule has 1 aromatic rings. The average molecular weight is 338 g/mol. The molecule has 24 heavy (non-hydrogen) atoms. The Balaban J connectivity index is 0.000000754. The summed E-state index contributed by atoms with van der Waals surface area (Å²) in [7, 11) is 0. The zero-order chi connectivity index (χ0) is 18.2. The molecule has 0 fully saturated rings. The number of hydrogen-bond donors (Lipinski definition) is 4. The van der Waals surface area contributed by atoms with Gasteiger partial charge < -0.3 is 35.5 Å². The van der Waals surface area contributed by atoms with Crippen LogP contribution < -0.4 is 26.3 Å². The molecular weight excluding hydrogens is 320 g/mol. The quantitative estimate of drug-likeness (QED) is 0.172. The van der Waals surface area contributed by atoms with Crippen molar-refractivity contribution in [2.75, 3.05) is 26.2 Å². The minimum Gasteiger partial charge on any atom is -0.543 e. The van der Waals surface area contributed by atoms with Crippen LogP contribution in [-0.4, -0.2) is 55.5 Å². The van der Waals surface area contributed by atoms with Crippen LogP contribution >= 0.6 is 0 Å². The van der Waals surface area contributed by atoms with Gasteiger partial charge in [0.1, 0.15) is 0 Å². The third-order valence-corrected chi connectivity index (χ3v) is 2.22. The molecule has 0 aliphatic rings. The van der Waals surface area contributed by atoms with Crippen LogP contribution in [0, 0.1) is 0 Å². The van der Waals surface area contributed by atoms with Crippen LogP contribution in [0.5, 0.6) is 0 Å². The van der Waals surface area contributed by atoms with Gasteiger partial charge in [-0.1, -0.05) is 30.3 Å². The van der Waals surface area contributed by atoms with Crippen LogP contribution in [0.25, 0.3) is 0 Å². The third kappa shape index (κ3) is 12.7. The standard InChI is InChI=1S/C12H18N4O2.C2H2O4/c17-9-8-13-6-7-14-12(18)16-15-10-11-4-2-1-3-5-11;3-1(4)2(5)6/h1-5,10,13,17H,6-9H2,(H2,14,16,18);(H,3,4)(H,5,6)/p-2/b15-10+;. The highest BCUT2D eigenvalue weighted by Crippen LogP contribution is 1.92. The number of aliphatic carboxylic acids is 2. The number of amides is 2. The summed E-state index contributed by atoms with van der Waals surface area (Å²) in [6, 6.07) is 9.14. The number of carbonyl (C=O) groups excluding carboxylic acids is 3. The topological polar surface area (TPSA) is 166 Å². The van der Waals surface area contributed by atoms with E-state index in [-0.39, 0.29) is 12.6 Å². The predicted molar refractivity (Wildman–Crippen MR) is 80.5 cm³/mol. The van der Waals surface area contributed by atoms with E-state index in [2.05, 4.69) is 21.2 Å². The first-order chi connectivity index (χ1) is 11.5. The molecule has 0 unspecified atom stereocenters. The van der Waals surface area contributed by atoms with Gasteiger partial charge in [-0.2, -0.15) is 5.10 Å². The lowest BCUT2D eigenvalue weighted by atomic mass is 10.2. The summed E-state index contributed by atoms with van der Waals surface area (Å²) in [5, 5.41) is 35.7. The van der Waals surface area contributed by atoms with Gasteiger partial charge in [0.15, 0.2) is 0 Å². The molecule has 1 aromatic carbocycles. The van der Waals surface area contributed by atoms with Gasteiger partial charge in [0.25, 0.3) is 0 Å². The number of nitrogens with zero attached hydrogens (tertiary/aromatic N) is 1. The minimum atomic E-state index is -2.19. The molecule has 10 heteroatoms. The monoisotopic (exact) mass is 338 g/mol. The fraction of sp³-hybridized carbons (Fsp3) is 0.286. The number of aliphatic hydroxyl groups is 1. The summed E-state index contributed by atoms with van der Waals surface area (Å²) in [5.41, 5.74) is 3.28. The van der Waals surface area contributed by atoms with Crippen LogP contribution in [0.1, 0.15) is 5.56 Å². The summed E-state index contributed by atoms with van der Waals surface area (Å²) in [4.78, 5) is 29.1. The number of benzene rings is 1. The van der Waals surface area contributed by atoms with Crippen molar-refractivity contribution < 1.29 is 29.7 Å². The number of urea groups is 1. The highest BCUT2D eigenvalue weighted by molar-refractivity contribution is 6.25. The maximum absolute atomic E-state index is 11.3. The minimum absolute atomic E-state index is 0.0908. The van der Waals surface area contributed by atoms with E-state index in [4.69, 9.17) is 24.9 Å². The molecule has 0 saturated carbocycles. The van der Waals surface area contributed by atoms with Gasteiger partial charge in [-0.3, -0.25) is 0 Å². The summed E-state index contributed by atoms with van der Waals surface area (Å²) in [6.07, 6.45) is 1.57. The van der Waals surface area contributed by atoms with Crippen molar-refractivity contribution in [2.45, 2.75) is 0 Å². The van der Waals surface area contributed by atoms with Crippen LogP contribution in [0.15, 0.2) is 35.4 Å². The van der Waals surface area contributed by atoms with Crippen molar-refractivity contribution in [3.8, 4) is 0 Å². The molecule has 2 amide bonds. The smallest absolute Gasteiger partial charge is 0.335 e. The molecule has 4 N–H and O–H groups in total. The number of hydrazone groups is 1. The third-order valence-electron chi connectivity index (χ3n) is 2.22. The molecule has 10 nitrogen and oxygen atoms in total. The van der Waals surface area contributed by atoms with E-state index in [1.165, 1.54) is 0 Å². The molecular formula is C14H18N4O6-2. The Morgan fingerprint density at radius 3 is 2.21 bits per heavy atom. The van der Waals surface area contributed by atoms with Crippen LogP contribution in [0.3, 0.4) is 0 Å². The maximum atomic E-state index is 11.3. The molecule has 0 aromatic heterocycles. The molecule has 0 aliphatic heterocycles. The molecule has 0 spiro atoms.